The average molecular weight is 316 g/mol. The smallest absolute Gasteiger partial charge is 0.242 e. The number of carbonyl (C=O) groups excluding carboxylic acids is 1. The lowest BCUT2D eigenvalue weighted by atomic mass is 10.2. The van der Waals surface area contributed by atoms with Gasteiger partial charge in [-0.3, -0.25) is 4.79 Å². The number of hydrogen-bond donors (Lipinski definition) is 3. The Morgan fingerprint density at radius 3 is 2.70 bits per heavy atom. The highest BCUT2D eigenvalue weighted by molar-refractivity contribution is 7.89. The first kappa shape index (κ1) is 16.5. The minimum Gasteiger partial charge on any atom is -0.358 e. The third-order valence-corrected chi connectivity index (χ3v) is 4.14. The topological polar surface area (TPSA) is 101 Å². The Morgan fingerprint density at radius 2 is 2.15 bits per heavy atom. The predicted molar refractivity (Wildman–Crippen MR) is 76.6 cm³/mol. The van der Waals surface area contributed by atoms with Gasteiger partial charge in [0.15, 0.2) is 0 Å². The SMILES string of the molecule is CNC(=O)CNS(=O)(=O)c1ccc(C#CCN)cc1Cl. The summed E-state index contributed by atoms with van der Waals surface area (Å²) in [5.74, 6) is 4.93. The molecule has 0 radical (unpaired) electrons. The van der Waals surface area contributed by atoms with Crippen molar-refractivity contribution in [2.45, 2.75) is 4.90 Å². The van der Waals surface area contributed by atoms with Crippen LogP contribution in [-0.4, -0.2) is 34.5 Å². The zero-order valence-electron chi connectivity index (χ0n) is 10.7. The predicted octanol–water partition coefficient (Wildman–Crippen LogP) is -0.325. The number of amides is 1. The Hall–Kier alpha value is -1.59. The summed E-state index contributed by atoms with van der Waals surface area (Å²) in [6.45, 7) is -0.157. The number of nitrogens with one attached hydrogen (secondary N) is 2. The molecule has 0 heterocycles. The number of hydrogen-bond acceptors (Lipinski definition) is 4. The lowest BCUT2D eigenvalue weighted by molar-refractivity contribution is -0.119. The van der Waals surface area contributed by atoms with Gasteiger partial charge in [-0.1, -0.05) is 23.4 Å². The highest BCUT2D eigenvalue weighted by atomic mass is 35.5. The average Bonchev–Trinajstić information content (AvgIpc) is 2.42. The molecular weight excluding hydrogens is 302 g/mol. The minimum atomic E-state index is -3.85. The van der Waals surface area contributed by atoms with Crippen molar-refractivity contribution in [3.63, 3.8) is 0 Å². The molecule has 108 valence electrons. The summed E-state index contributed by atoms with van der Waals surface area (Å²) in [4.78, 5) is 10.9. The van der Waals surface area contributed by atoms with Gasteiger partial charge in [0.25, 0.3) is 0 Å². The summed E-state index contributed by atoms with van der Waals surface area (Å²) in [5, 5.41) is 2.33. The monoisotopic (exact) mass is 315 g/mol. The van der Waals surface area contributed by atoms with Crippen LogP contribution in [0.1, 0.15) is 5.56 Å². The zero-order valence-corrected chi connectivity index (χ0v) is 12.3. The van der Waals surface area contributed by atoms with Crippen LogP contribution in [-0.2, 0) is 14.8 Å². The van der Waals surface area contributed by atoms with Gasteiger partial charge in [-0.15, -0.1) is 0 Å². The van der Waals surface area contributed by atoms with Gasteiger partial charge in [-0.25, -0.2) is 13.1 Å². The van der Waals surface area contributed by atoms with Crippen molar-refractivity contribution in [1.82, 2.24) is 10.0 Å². The molecule has 1 amide bonds. The van der Waals surface area contributed by atoms with Gasteiger partial charge in [0.1, 0.15) is 4.90 Å². The van der Waals surface area contributed by atoms with Crippen molar-refractivity contribution < 1.29 is 13.2 Å². The van der Waals surface area contributed by atoms with Crippen LogP contribution in [0.25, 0.3) is 0 Å². The summed E-state index contributed by atoms with van der Waals surface area (Å²) in [6.07, 6.45) is 0. The van der Waals surface area contributed by atoms with Crippen LogP contribution in [0, 0.1) is 11.8 Å². The van der Waals surface area contributed by atoms with Crippen molar-refractivity contribution in [3.05, 3.63) is 28.8 Å². The van der Waals surface area contributed by atoms with Crippen LogP contribution in [0.3, 0.4) is 0 Å². The number of benzene rings is 1. The molecule has 0 aromatic heterocycles. The number of rotatable bonds is 4. The Labute approximate surface area is 122 Å². The van der Waals surface area contributed by atoms with E-state index >= 15 is 0 Å². The van der Waals surface area contributed by atoms with Crippen LogP contribution in [0.4, 0.5) is 0 Å². The molecule has 20 heavy (non-hydrogen) atoms. The Morgan fingerprint density at radius 1 is 1.45 bits per heavy atom. The number of likely N-dealkylation sites (N-methyl/N-ethyl adjacent to an activating group) is 1. The largest absolute Gasteiger partial charge is 0.358 e. The van der Waals surface area contributed by atoms with Gasteiger partial charge in [0.2, 0.25) is 15.9 Å². The molecule has 1 aromatic rings. The van der Waals surface area contributed by atoms with E-state index in [1.54, 1.807) is 0 Å². The summed E-state index contributed by atoms with van der Waals surface area (Å²) in [6, 6.07) is 4.27. The van der Waals surface area contributed by atoms with E-state index in [0.29, 0.717) is 5.56 Å². The van der Waals surface area contributed by atoms with Crippen LogP contribution in [0.2, 0.25) is 5.02 Å². The second-order valence-electron chi connectivity index (χ2n) is 3.65. The van der Waals surface area contributed by atoms with Gasteiger partial charge in [-0.05, 0) is 18.2 Å². The highest BCUT2D eigenvalue weighted by Crippen LogP contribution is 2.22. The van der Waals surface area contributed by atoms with E-state index in [0.717, 1.165) is 0 Å². The van der Waals surface area contributed by atoms with Gasteiger partial charge in [0, 0.05) is 12.6 Å². The molecule has 1 aromatic carbocycles. The van der Waals surface area contributed by atoms with E-state index in [-0.39, 0.29) is 23.0 Å². The Bertz CT molecular complexity index is 662. The maximum absolute atomic E-state index is 12.0. The number of sulfonamides is 1. The van der Waals surface area contributed by atoms with E-state index in [1.165, 1.54) is 25.2 Å². The molecule has 0 aliphatic heterocycles. The third kappa shape index (κ3) is 4.51. The van der Waals surface area contributed by atoms with Crippen molar-refractivity contribution in [2.24, 2.45) is 5.73 Å². The Kier molecular flexibility index (Phi) is 5.98. The fourth-order valence-electron chi connectivity index (χ4n) is 1.28. The first-order chi connectivity index (χ1) is 9.40. The maximum atomic E-state index is 12.0. The molecule has 0 aliphatic carbocycles. The highest BCUT2D eigenvalue weighted by Gasteiger charge is 2.18. The van der Waals surface area contributed by atoms with Gasteiger partial charge in [-0.2, -0.15) is 0 Å². The second kappa shape index (κ2) is 7.26. The first-order valence-corrected chi connectivity index (χ1v) is 7.45. The molecule has 0 saturated heterocycles. The lowest BCUT2D eigenvalue weighted by Crippen LogP contribution is -2.35. The second-order valence-corrected chi connectivity index (χ2v) is 5.79. The molecule has 0 atom stereocenters. The van der Waals surface area contributed by atoms with E-state index in [9.17, 15) is 13.2 Å². The molecule has 0 bridgehead atoms. The molecule has 0 fully saturated rings. The molecular formula is C12H14ClN3O3S. The summed E-state index contributed by atoms with van der Waals surface area (Å²) < 4.78 is 26.1. The standard InChI is InChI=1S/C12H14ClN3O3S/c1-15-12(17)8-16-20(18,19)11-5-4-9(3-2-6-14)7-10(11)13/h4-5,7,16H,6,8,14H2,1H3,(H,15,17). The molecule has 1 rings (SSSR count). The van der Waals surface area contributed by atoms with E-state index < -0.39 is 15.9 Å². The normalized spacial score (nSPS) is 10.6. The summed E-state index contributed by atoms with van der Waals surface area (Å²) in [5.41, 5.74) is 5.81. The maximum Gasteiger partial charge on any atom is 0.242 e. The minimum absolute atomic E-state index is 0.0261. The number of halogens is 1. The Balaban J connectivity index is 2.99. The number of nitrogens with two attached hydrogens (primary N) is 1. The van der Waals surface area contributed by atoms with E-state index in [2.05, 4.69) is 21.9 Å². The zero-order chi connectivity index (χ0) is 15.2. The van der Waals surface area contributed by atoms with Crippen molar-refractivity contribution >= 4 is 27.5 Å². The molecule has 4 N–H and O–H groups in total. The van der Waals surface area contributed by atoms with Crippen molar-refractivity contribution in [3.8, 4) is 11.8 Å². The summed E-state index contributed by atoms with van der Waals surface area (Å²) in [7, 11) is -2.44. The van der Waals surface area contributed by atoms with Crippen LogP contribution >= 0.6 is 11.6 Å². The molecule has 8 heteroatoms. The fraction of sp³-hybridized carbons (Fsp3) is 0.250. The fourth-order valence-corrected chi connectivity index (χ4v) is 2.80. The van der Waals surface area contributed by atoms with E-state index in [4.69, 9.17) is 17.3 Å². The molecule has 6 nitrogen and oxygen atoms in total. The third-order valence-electron chi connectivity index (χ3n) is 2.26. The van der Waals surface area contributed by atoms with E-state index in [1.807, 2.05) is 0 Å². The van der Waals surface area contributed by atoms with Gasteiger partial charge < -0.3 is 11.1 Å². The van der Waals surface area contributed by atoms with Crippen molar-refractivity contribution in [2.75, 3.05) is 20.1 Å². The summed E-state index contributed by atoms with van der Waals surface area (Å²) >= 11 is 5.92. The number of carbonyl (C=O) groups is 1. The first-order valence-electron chi connectivity index (χ1n) is 5.59. The van der Waals surface area contributed by atoms with Crippen LogP contribution in [0.5, 0.6) is 0 Å². The van der Waals surface area contributed by atoms with Gasteiger partial charge >= 0.3 is 0 Å². The quantitative estimate of drug-likeness (QED) is 0.662. The lowest BCUT2D eigenvalue weighted by Gasteiger charge is -2.08. The van der Waals surface area contributed by atoms with Crippen molar-refractivity contribution in [1.29, 1.82) is 0 Å². The molecule has 0 spiro atoms. The molecule has 0 saturated carbocycles. The molecule has 0 aliphatic rings. The van der Waals surface area contributed by atoms with Crippen LogP contribution in [0.15, 0.2) is 23.1 Å². The van der Waals surface area contributed by atoms with Gasteiger partial charge in [0.05, 0.1) is 18.1 Å². The molecule has 0 unspecified atom stereocenters. The van der Waals surface area contributed by atoms with Crippen LogP contribution < -0.4 is 15.8 Å².